The number of aryl methyl sites for hydroxylation is 2. The van der Waals surface area contributed by atoms with Crippen molar-refractivity contribution in [1.29, 1.82) is 0 Å². The first-order chi connectivity index (χ1) is 8.06. The summed E-state index contributed by atoms with van der Waals surface area (Å²) in [5.41, 5.74) is 14.9. The van der Waals surface area contributed by atoms with Crippen LogP contribution in [-0.4, -0.2) is 0 Å². The summed E-state index contributed by atoms with van der Waals surface area (Å²) in [7, 11) is 0. The third kappa shape index (κ3) is 2.50. The van der Waals surface area contributed by atoms with Crippen molar-refractivity contribution in [2.24, 2.45) is 0 Å². The molecule has 0 aromatic heterocycles. The Morgan fingerprint density at radius 3 is 2.41 bits per heavy atom. The zero-order chi connectivity index (χ0) is 12.4. The molecular formula is C14H16N2O. The molecule has 0 saturated carbocycles. The number of anilines is 2. The summed E-state index contributed by atoms with van der Waals surface area (Å²) < 4.78 is 5.75. The molecule has 2 aromatic rings. The maximum absolute atomic E-state index is 5.89. The zero-order valence-corrected chi connectivity index (χ0v) is 10.0. The van der Waals surface area contributed by atoms with Crippen molar-refractivity contribution in [1.82, 2.24) is 0 Å². The van der Waals surface area contributed by atoms with E-state index in [2.05, 4.69) is 0 Å². The minimum absolute atomic E-state index is 0.483. The Morgan fingerprint density at radius 1 is 0.941 bits per heavy atom. The van der Waals surface area contributed by atoms with Crippen LogP contribution in [-0.2, 0) is 0 Å². The van der Waals surface area contributed by atoms with Crippen LogP contribution in [0.1, 0.15) is 11.1 Å². The number of hydrogen-bond donors (Lipinski definition) is 2. The fourth-order valence-corrected chi connectivity index (χ4v) is 1.68. The third-order valence-corrected chi connectivity index (χ3v) is 2.54. The number of benzene rings is 2. The Balaban J connectivity index is 2.36. The first kappa shape index (κ1) is 11.3. The largest absolute Gasteiger partial charge is 0.455 e. The summed E-state index contributed by atoms with van der Waals surface area (Å²) in [4.78, 5) is 0. The molecule has 0 aliphatic rings. The Labute approximate surface area is 101 Å². The lowest BCUT2D eigenvalue weighted by Gasteiger charge is -2.11. The van der Waals surface area contributed by atoms with Crippen LogP contribution in [0.15, 0.2) is 36.4 Å². The van der Waals surface area contributed by atoms with Gasteiger partial charge in [-0.15, -0.1) is 0 Å². The molecule has 0 amide bonds. The van der Waals surface area contributed by atoms with Crippen molar-refractivity contribution in [3.8, 4) is 11.5 Å². The molecule has 0 spiro atoms. The molecule has 2 rings (SSSR count). The number of ether oxygens (including phenoxy) is 1. The Bertz CT molecular complexity index is 550. The predicted octanol–water partition coefficient (Wildman–Crippen LogP) is 3.26. The highest BCUT2D eigenvalue weighted by atomic mass is 16.5. The van der Waals surface area contributed by atoms with Crippen LogP contribution in [0.3, 0.4) is 0 Å². The van der Waals surface area contributed by atoms with Gasteiger partial charge in [-0.2, -0.15) is 0 Å². The van der Waals surface area contributed by atoms with Gasteiger partial charge in [0.2, 0.25) is 0 Å². The molecule has 2 aromatic carbocycles. The van der Waals surface area contributed by atoms with Crippen molar-refractivity contribution in [2.45, 2.75) is 13.8 Å². The van der Waals surface area contributed by atoms with Gasteiger partial charge >= 0.3 is 0 Å². The smallest absolute Gasteiger partial charge is 0.152 e. The van der Waals surface area contributed by atoms with E-state index in [1.54, 1.807) is 0 Å². The highest BCUT2D eigenvalue weighted by molar-refractivity contribution is 5.72. The lowest BCUT2D eigenvalue weighted by atomic mass is 10.2. The molecule has 88 valence electrons. The summed E-state index contributed by atoms with van der Waals surface area (Å²) in [6.07, 6.45) is 0. The summed E-state index contributed by atoms with van der Waals surface area (Å²) in [6, 6.07) is 11.5. The maximum Gasteiger partial charge on any atom is 0.152 e. The molecule has 17 heavy (non-hydrogen) atoms. The number of nitrogens with two attached hydrogens (primary N) is 2. The molecule has 3 heteroatoms. The number of hydrogen-bond acceptors (Lipinski definition) is 3. The number of nitrogen functional groups attached to an aromatic ring is 2. The van der Waals surface area contributed by atoms with Crippen LogP contribution >= 0.6 is 0 Å². The third-order valence-electron chi connectivity index (χ3n) is 2.54. The quantitative estimate of drug-likeness (QED) is 0.775. The Morgan fingerprint density at radius 2 is 1.71 bits per heavy atom. The van der Waals surface area contributed by atoms with Crippen LogP contribution in [0.2, 0.25) is 0 Å². The molecule has 0 atom stereocenters. The molecule has 0 aliphatic heterocycles. The summed E-state index contributed by atoms with van der Waals surface area (Å²) >= 11 is 0. The second-order valence-electron chi connectivity index (χ2n) is 4.18. The molecule has 0 aliphatic carbocycles. The van der Waals surface area contributed by atoms with Gasteiger partial charge < -0.3 is 16.2 Å². The van der Waals surface area contributed by atoms with Crippen molar-refractivity contribution in [3.63, 3.8) is 0 Å². The van der Waals surface area contributed by atoms with Gasteiger partial charge in [0.25, 0.3) is 0 Å². The molecule has 0 bridgehead atoms. The minimum Gasteiger partial charge on any atom is -0.455 e. The van der Waals surface area contributed by atoms with Gasteiger partial charge in [0.15, 0.2) is 5.75 Å². The van der Waals surface area contributed by atoms with E-state index in [1.165, 1.54) is 0 Å². The molecule has 0 radical (unpaired) electrons. The van der Waals surface area contributed by atoms with Crippen molar-refractivity contribution in [2.75, 3.05) is 11.5 Å². The normalized spacial score (nSPS) is 10.2. The van der Waals surface area contributed by atoms with E-state index in [9.17, 15) is 0 Å². The molecule has 0 fully saturated rings. The Hall–Kier alpha value is -2.16. The van der Waals surface area contributed by atoms with E-state index in [0.29, 0.717) is 17.1 Å². The molecule has 0 heterocycles. The lowest BCUT2D eigenvalue weighted by molar-refractivity contribution is 0.484. The van der Waals surface area contributed by atoms with Gasteiger partial charge in [0.05, 0.1) is 11.4 Å². The van der Waals surface area contributed by atoms with Gasteiger partial charge in [-0.3, -0.25) is 0 Å². The number of rotatable bonds is 2. The zero-order valence-electron chi connectivity index (χ0n) is 10.0. The van der Waals surface area contributed by atoms with Gasteiger partial charge in [0, 0.05) is 0 Å². The minimum atomic E-state index is 0.483. The van der Waals surface area contributed by atoms with Gasteiger partial charge in [-0.1, -0.05) is 12.1 Å². The van der Waals surface area contributed by atoms with Crippen LogP contribution < -0.4 is 16.2 Å². The average Bonchev–Trinajstić information content (AvgIpc) is 2.25. The van der Waals surface area contributed by atoms with E-state index >= 15 is 0 Å². The summed E-state index contributed by atoms with van der Waals surface area (Å²) in [6.45, 7) is 3.97. The summed E-state index contributed by atoms with van der Waals surface area (Å²) in [5.74, 6) is 1.37. The fraction of sp³-hybridized carbons (Fsp3) is 0.143. The van der Waals surface area contributed by atoms with E-state index < -0.39 is 0 Å². The predicted molar refractivity (Wildman–Crippen MR) is 71.3 cm³/mol. The standard InChI is InChI=1S/C14H16N2O/c1-9-4-3-5-11(6-9)17-13-8-10(2)7-12(15)14(13)16/h3-8H,15-16H2,1-2H3. The second-order valence-corrected chi connectivity index (χ2v) is 4.18. The van der Waals surface area contributed by atoms with E-state index in [4.69, 9.17) is 16.2 Å². The molecule has 0 unspecified atom stereocenters. The van der Waals surface area contributed by atoms with Crippen molar-refractivity contribution >= 4 is 11.4 Å². The molecule has 3 nitrogen and oxygen atoms in total. The molecule has 0 saturated heterocycles. The topological polar surface area (TPSA) is 61.3 Å². The van der Waals surface area contributed by atoms with Gasteiger partial charge in [-0.05, 0) is 49.2 Å². The second kappa shape index (κ2) is 4.37. The SMILES string of the molecule is Cc1cccc(Oc2cc(C)cc(N)c2N)c1. The van der Waals surface area contributed by atoms with Gasteiger partial charge in [0.1, 0.15) is 5.75 Å². The highest BCUT2D eigenvalue weighted by Crippen LogP contribution is 2.33. The van der Waals surface area contributed by atoms with Crippen LogP contribution in [0.25, 0.3) is 0 Å². The van der Waals surface area contributed by atoms with E-state index in [0.717, 1.165) is 16.9 Å². The summed E-state index contributed by atoms with van der Waals surface area (Å²) in [5, 5.41) is 0. The van der Waals surface area contributed by atoms with E-state index in [-0.39, 0.29) is 0 Å². The fourth-order valence-electron chi connectivity index (χ4n) is 1.68. The first-order valence-corrected chi connectivity index (χ1v) is 5.46. The van der Waals surface area contributed by atoms with Crippen LogP contribution in [0.4, 0.5) is 11.4 Å². The molecular weight excluding hydrogens is 212 g/mol. The monoisotopic (exact) mass is 228 g/mol. The van der Waals surface area contributed by atoms with Gasteiger partial charge in [-0.25, -0.2) is 0 Å². The lowest BCUT2D eigenvalue weighted by Crippen LogP contribution is -1.98. The highest BCUT2D eigenvalue weighted by Gasteiger charge is 2.06. The maximum atomic E-state index is 5.89. The van der Waals surface area contributed by atoms with Crippen LogP contribution in [0, 0.1) is 13.8 Å². The van der Waals surface area contributed by atoms with E-state index in [1.807, 2.05) is 50.2 Å². The van der Waals surface area contributed by atoms with Crippen molar-refractivity contribution < 1.29 is 4.74 Å². The first-order valence-electron chi connectivity index (χ1n) is 5.46. The van der Waals surface area contributed by atoms with Crippen LogP contribution in [0.5, 0.6) is 11.5 Å². The molecule has 4 N–H and O–H groups in total. The Kier molecular flexibility index (Phi) is 2.91. The average molecular weight is 228 g/mol. The van der Waals surface area contributed by atoms with Crippen molar-refractivity contribution in [3.05, 3.63) is 47.5 Å².